The van der Waals surface area contributed by atoms with E-state index in [1.165, 1.54) is 30.3 Å². The Morgan fingerprint density at radius 1 is 0.515 bits per heavy atom. The molecular weight excluding hydrogens is 1780 g/mol. The first-order valence-corrected chi connectivity index (χ1v) is 44.0. The second kappa shape index (κ2) is 40.2. The summed E-state index contributed by atoms with van der Waals surface area (Å²) in [6.45, 7) is -0.185. The van der Waals surface area contributed by atoms with E-state index in [1.54, 1.807) is 67.3 Å². The predicted octanol–water partition coefficient (Wildman–Crippen LogP) is 15.0. The molecule has 0 radical (unpaired) electrons. The van der Waals surface area contributed by atoms with Gasteiger partial charge in [0.2, 0.25) is 46.8 Å². The van der Waals surface area contributed by atoms with E-state index >= 15 is 0 Å². The summed E-state index contributed by atoms with van der Waals surface area (Å²) in [5, 5.41) is 8.50. The van der Waals surface area contributed by atoms with Crippen molar-refractivity contribution in [1.29, 1.82) is 0 Å². The third kappa shape index (κ3) is 37.7. The van der Waals surface area contributed by atoms with Gasteiger partial charge in [0.05, 0.1) is 53.7 Å². The smallest absolute Gasteiger partial charge is 0.235 e. The van der Waals surface area contributed by atoms with Crippen molar-refractivity contribution in [2.24, 2.45) is 5.73 Å². The number of nitrogens with two attached hydrogens (primary N) is 1. The molecule has 1 unspecified atom stereocenters. The number of nitrogens with zero attached hydrogens (tertiary/aromatic N) is 4. The molecule has 0 saturated heterocycles. The summed E-state index contributed by atoms with van der Waals surface area (Å²) in [6.07, 6.45) is 5.69. The van der Waals surface area contributed by atoms with Gasteiger partial charge in [-0.2, -0.15) is 0 Å². The minimum Gasteiger partial charge on any atom is -0.355 e. The Kier molecular flexibility index (Phi) is 36.7. The first-order chi connectivity index (χ1) is 45.1. The molecule has 10 N–H and O–H groups in total. The van der Waals surface area contributed by atoms with Crippen LogP contribution in [0.4, 0.5) is 20.4 Å². The molecule has 0 saturated carbocycles. The maximum Gasteiger partial charge on any atom is 0.235 e. The molecule has 99 heavy (non-hydrogen) atoms. The number of rotatable bonds is 22. The third-order valence-corrected chi connectivity index (χ3v) is 16.9. The van der Waals surface area contributed by atoms with Gasteiger partial charge >= 0.3 is 59.6 Å². The van der Waals surface area contributed by atoms with Crippen molar-refractivity contribution < 1.29 is 76.7 Å². The molecule has 6 heterocycles. The Morgan fingerprint density at radius 2 is 0.838 bits per heavy atom. The number of carbonyl (C=O) groups is 3. The maximum atomic E-state index is 13.5. The number of fused-ring (bicyclic) bond motifs is 2. The largest absolute Gasteiger partial charge is 0.355 e. The number of H-pyrrole nitrogens is 2. The molecule has 540 valence electrons. The molecule has 3 amide bonds. The fourth-order valence-electron chi connectivity index (χ4n) is 7.78. The number of nitrogens with one attached hydrogen (secondary N) is 7. The zero-order valence-electron chi connectivity index (χ0n) is 49.9. The first-order valence-electron chi connectivity index (χ1n) is 26.8. The van der Waals surface area contributed by atoms with Gasteiger partial charge in [0.15, 0.2) is 22.5 Å². The van der Waals surface area contributed by atoms with E-state index in [0.717, 1.165) is 49.8 Å². The number of hydrogen-bond donors (Lipinski definition) is 9. The molecule has 8 rings (SSSR count). The van der Waals surface area contributed by atoms with Crippen molar-refractivity contribution in [3.63, 3.8) is 0 Å². The molecule has 8 aromatic rings. The number of carbonyl (C=O) groups excluding carboxylic acids is 3. The van der Waals surface area contributed by atoms with Crippen LogP contribution < -0.4 is 31.1 Å². The van der Waals surface area contributed by atoms with Gasteiger partial charge in [0.1, 0.15) is 34.6 Å². The van der Waals surface area contributed by atoms with Crippen LogP contribution in [0, 0.1) is 11.6 Å². The summed E-state index contributed by atoms with van der Waals surface area (Å²) < 4.78 is 111. The molecule has 0 aliphatic heterocycles. The molecule has 0 bridgehead atoms. The van der Waals surface area contributed by atoms with Crippen molar-refractivity contribution in [2.45, 2.75) is 30.6 Å². The second-order valence-electron chi connectivity index (χ2n) is 19.4. The van der Waals surface area contributed by atoms with Crippen LogP contribution in [-0.4, -0.2) is 142 Å². The predicted molar refractivity (Wildman–Crippen MR) is 399 cm³/mol. The summed E-state index contributed by atoms with van der Waals surface area (Å²) in [7, 11) is -6.12. The minimum absolute atomic E-state index is 0. The number of aromatic amines is 2. The maximum absolute atomic E-state index is 13.5. The number of hydrogen-bond acceptors (Lipinski definition) is 15. The Labute approximate surface area is 655 Å². The molecular formula is C53H52Cl15F2N12O11PS4Zn. The number of alkyl halides is 9. The standard InChI is InChI=1S/C23H19Cl3FN5O3S.C20H18FN5O2S.C5H7Cl4NO3S.C5H8Cl3NO3S.Cl5P.Zn/c24-23(25,26)13-19(33)29-11-12-36(34,35)32-18-6-5-17-20(14-7-9-28-10-8-14)21(31-22(17)30-18)15-1-3-16(27)4-2-15;21-15-3-1-14(2-4-15)19-18(13-7-10-23-11-8-13)16-5-6-17(24-20(16)25-19)26-29(27,28)12-9-22;6-5(7,8)3-4(11)10-1-2-14(9,12)13;6-5(7,8)3-4(10)9-1-2-13(11)12;1-6(2,3,4)5;/h1-10H,11-13H2,(H,29,33)(H2,30,31,32);1-8,10-11H,9,12,22H2,(H2,24,25,26);1-3H2,(H,10,11);1-3H2,(H,9,10)(H,11,12);;. The Hall–Kier alpha value is -2.69. The van der Waals surface area contributed by atoms with Crippen molar-refractivity contribution in [3.8, 4) is 44.8 Å². The van der Waals surface area contributed by atoms with Crippen LogP contribution in [0.2, 0.25) is 0 Å². The molecule has 46 heteroatoms. The van der Waals surface area contributed by atoms with Gasteiger partial charge in [-0.3, -0.25) is 33.8 Å². The number of sulfonamides is 2. The molecule has 23 nitrogen and oxygen atoms in total. The fraction of sp³-hybridized carbons (Fsp3) is 0.264. The Bertz CT molecular complexity index is 4370. The number of aromatic nitrogens is 6. The van der Waals surface area contributed by atoms with Crippen LogP contribution >= 0.6 is 175 Å². The van der Waals surface area contributed by atoms with E-state index in [1.807, 2.05) is 24.3 Å². The monoisotopic (exact) mass is 1820 g/mol. The molecule has 0 fully saturated rings. The summed E-state index contributed by atoms with van der Waals surface area (Å²) in [5.41, 5.74) is 12.7. The third-order valence-electron chi connectivity index (χ3n) is 11.5. The topological polar surface area (TPSA) is 360 Å². The van der Waals surface area contributed by atoms with Crippen LogP contribution in [-0.2, 0) is 74.0 Å². The summed E-state index contributed by atoms with van der Waals surface area (Å²) in [6, 6.07) is 26.2. The van der Waals surface area contributed by atoms with Gasteiger partial charge in [0.25, 0.3) is 0 Å². The van der Waals surface area contributed by atoms with E-state index in [4.69, 9.17) is 182 Å². The normalized spacial score (nSPS) is 12.5. The fourth-order valence-corrected chi connectivity index (χ4v) is 11.5. The second-order valence-corrected chi connectivity index (χ2v) is 51.2. The first kappa shape index (κ1) is 90.5. The summed E-state index contributed by atoms with van der Waals surface area (Å²) >= 11 is 71.6. The summed E-state index contributed by atoms with van der Waals surface area (Å²) in [5.74, 6) is -3.02. The van der Waals surface area contributed by atoms with Gasteiger partial charge in [-0.1, -0.05) is 104 Å². The molecule has 2 aromatic carbocycles. The van der Waals surface area contributed by atoms with Crippen molar-refractivity contribution in [1.82, 2.24) is 45.9 Å². The van der Waals surface area contributed by atoms with Crippen molar-refractivity contribution in [2.75, 3.05) is 58.6 Å². The van der Waals surface area contributed by atoms with Gasteiger partial charge in [0, 0.05) is 103 Å². The van der Waals surface area contributed by atoms with Gasteiger partial charge in [-0.05, 0) is 119 Å². The van der Waals surface area contributed by atoms with Crippen LogP contribution in [0.3, 0.4) is 0 Å². The molecule has 6 aromatic heterocycles. The quantitative estimate of drug-likeness (QED) is 0.0100. The Balaban J connectivity index is 0.000000359. The van der Waals surface area contributed by atoms with E-state index in [-0.39, 0.29) is 99.0 Å². The molecule has 0 spiro atoms. The van der Waals surface area contributed by atoms with E-state index in [0.29, 0.717) is 17.0 Å². The van der Waals surface area contributed by atoms with E-state index in [9.17, 15) is 52.6 Å². The number of pyridine rings is 4. The van der Waals surface area contributed by atoms with Crippen LogP contribution in [0.25, 0.3) is 66.8 Å². The van der Waals surface area contributed by atoms with Gasteiger partial charge < -0.3 is 36.2 Å². The molecule has 0 aliphatic rings. The van der Waals surface area contributed by atoms with Crippen LogP contribution in [0.15, 0.2) is 122 Å². The van der Waals surface area contributed by atoms with E-state index < -0.39 is 84.8 Å². The number of benzene rings is 2. The summed E-state index contributed by atoms with van der Waals surface area (Å²) in [4.78, 5) is 57.0. The number of anilines is 2. The number of amides is 3. The van der Waals surface area contributed by atoms with Crippen LogP contribution in [0.5, 0.6) is 0 Å². The zero-order valence-corrected chi connectivity index (χ0v) is 68.4. The average molecular weight is 1830 g/mol. The van der Waals surface area contributed by atoms with Gasteiger partial charge in [-0.25, -0.2) is 48.2 Å². The van der Waals surface area contributed by atoms with Crippen molar-refractivity contribution >= 4 is 266 Å². The van der Waals surface area contributed by atoms with Gasteiger partial charge in [-0.15, -0.1) is 0 Å². The molecule has 1 atom stereocenters. The Morgan fingerprint density at radius 3 is 1.15 bits per heavy atom. The average Bonchev–Trinajstić information content (AvgIpc) is 1.63. The minimum atomic E-state index is -3.85. The SMILES string of the molecule is ClP(Cl)(Cl)(Cl)Cl.NCCS(=O)(=O)Nc1ccc2c(-c3ccncc3)c(-c3ccc(F)cc3)[nH]c2n1.O=C(CC(Cl)(Cl)Cl)NCCS(=O)(=O)Cl.O=C(CC(Cl)(Cl)Cl)NCCS(=O)(=O)Nc1ccc2c(-c3ccncc3)c(-c3ccc(F)cc3)[nH]c2n1.O=C(CC(Cl)(Cl)Cl)NCCS(=O)O.[Zn]. The molecule has 0 aliphatic carbocycles. The van der Waals surface area contributed by atoms with Crippen LogP contribution in [0.1, 0.15) is 19.3 Å². The zero-order chi connectivity index (χ0) is 73.7. The number of halogens is 17. The van der Waals surface area contributed by atoms with E-state index in [2.05, 4.69) is 55.3 Å². The van der Waals surface area contributed by atoms with Crippen molar-refractivity contribution in [3.05, 3.63) is 133 Å².